The van der Waals surface area contributed by atoms with E-state index in [9.17, 15) is 13.2 Å². The number of carbonyl (C=O) groups is 1. The monoisotopic (exact) mass is 482 g/mol. The fraction of sp³-hybridized carbons (Fsp3) is 0.269. The van der Waals surface area contributed by atoms with Crippen molar-refractivity contribution in [3.63, 3.8) is 0 Å². The molecule has 180 valence electrons. The van der Waals surface area contributed by atoms with Crippen LogP contribution in [-0.4, -0.2) is 41.1 Å². The van der Waals surface area contributed by atoms with Gasteiger partial charge in [-0.3, -0.25) is 9.10 Å². The van der Waals surface area contributed by atoms with E-state index < -0.39 is 22.5 Å². The Hall–Kier alpha value is -3.52. The topological polar surface area (TPSA) is 84.9 Å². The van der Waals surface area contributed by atoms with Crippen molar-refractivity contribution in [2.24, 2.45) is 0 Å². The van der Waals surface area contributed by atoms with E-state index in [-0.39, 0.29) is 23.7 Å². The largest absolute Gasteiger partial charge is 0.495 e. The highest BCUT2D eigenvalue weighted by Gasteiger charge is 2.29. The summed E-state index contributed by atoms with van der Waals surface area (Å²) in [5.41, 5.74) is 2.43. The molecule has 3 aromatic rings. The fourth-order valence-corrected chi connectivity index (χ4v) is 4.77. The third-order valence-electron chi connectivity index (χ3n) is 5.27. The first-order valence-corrected chi connectivity index (χ1v) is 12.5. The van der Waals surface area contributed by atoms with Crippen LogP contribution in [0.3, 0.4) is 0 Å². The second kappa shape index (κ2) is 11.6. The molecule has 0 aliphatic rings. The van der Waals surface area contributed by atoms with E-state index in [4.69, 9.17) is 9.47 Å². The minimum Gasteiger partial charge on any atom is -0.495 e. The maximum Gasteiger partial charge on any atom is 0.264 e. The van der Waals surface area contributed by atoms with E-state index in [0.29, 0.717) is 11.5 Å². The Morgan fingerprint density at radius 3 is 2.29 bits per heavy atom. The maximum atomic E-state index is 13.5. The van der Waals surface area contributed by atoms with Crippen LogP contribution in [0.15, 0.2) is 77.7 Å². The van der Waals surface area contributed by atoms with Crippen LogP contribution in [0.5, 0.6) is 11.5 Å². The summed E-state index contributed by atoms with van der Waals surface area (Å²) in [5.74, 6) is 0.611. The first-order valence-electron chi connectivity index (χ1n) is 11.1. The normalized spacial score (nSPS) is 11.0. The Morgan fingerprint density at radius 2 is 1.65 bits per heavy atom. The maximum absolute atomic E-state index is 13.5. The minimum atomic E-state index is -4.02. The smallest absolute Gasteiger partial charge is 0.264 e. The number of aryl methyl sites for hydroxylation is 2. The van der Waals surface area contributed by atoms with Gasteiger partial charge >= 0.3 is 0 Å². The lowest BCUT2D eigenvalue weighted by molar-refractivity contribution is -0.119. The highest BCUT2D eigenvalue weighted by molar-refractivity contribution is 7.92. The number of sulfonamides is 1. The van der Waals surface area contributed by atoms with Crippen molar-refractivity contribution in [3.8, 4) is 11.5 Å². The molecule has 3 aromatic carbocycles. The average molecular weight is 483 g/mol. The first kappa shape index (κ1) is 25.1. The number of nitrogens with one attached hydrogen (secondary N) is 1. The molecule has 0 bridgehead atoms. The molecule has 0 atom stereocenters. The van der Waals surface area contributed by atoms with Crippen molar-refractivity contribution < 1.29 is 22.7 Å². The van der Waals surface area contributed by atoms with Gasteiger partial charge in [0.25, 0.3) is 10.0 Å². The molecule has 0 aliphatic carbocycles. The molecule has 3 rings (SSSR count). The molecule has 1 amide bonds. The molecule has 8 heteroatoms. The van der Waals surface area contributed by atoms with Gasteiger partial charge in [0.05, 0.1) is 24.2 Å². The molecule has 0 aliphatic heterocycles. The number of anilines is 1. The minimum absolute atomic E-state index is 0.0932. The number of nitrogens with zero attached hydrogens (tertiary/aromatic N) is 1. The predicted octanol–water partition coefficient (Wildman–Crippen LogP) is 3.96. The molecular weight excluding hydrogens is 452 g/mol. The summed E-state index contributed by atoms with van der Waals surface area (Å²) in [4.78, 5) is 12.8. The fourth-order valence-electron chi connectivity index (χ4n) is 3.34. The van der Waals surface area contributed by atoms with Crippen LogP contribution in [0.25, 0.3) is 0 Å². The third kappa shape index (κ3) is 6.29. The molecule has 0 unspecified atom stereocenters. The Bertz CT molecular complexity index is 1190. The molecule has 0 heterocycles. The summed E-state index contributed by atoms with van der Waals surface area (Å²) in [6.45, 7) is 4.05. The molecule has 0 saturated carbocycles. The van der Waals surface area contributed by atoms with Crippen molar-refractivity contribution in [1.29, 1.82) is 0 Å². The van der Waals surface area contributed by atoms with Gasteiger partial charge in [-0.15, -0.1) is 0 Å². The summed E-state index contributed by atoms with van der Waals surface area (Å²) in [6.07, 6.45) is 0.949. The van der Waals surface area contributed by atoms with E-state index in [0.717, 1.165) is 16.3 Å². The zero-order chi connectivity index (χ0) is 24.6. The van der Waals surface area contributed by atoms with E-state index in [1.165, 1.54) is 24.8 Å². The SMILES string of the molecule is CCc1ccc(OCCNC(=O)CN(c2ccccc2OC)S(=O)(=O)c2ccc(C)cc2)cc1. The summed E-state index contributed by atoms with van der Waals surface area (Å²) >= 11 is 0. The Kier molecular flexibility index (Phi) is 8.54. The van der Waals surface area contributed by atoms with Crippen molar-refractivity contribution >= 4 is 21.6 Å². The Labute approximate surface area is 201 Å². The third-order valence-corrected chi connectivity index (χ3v) is 7.05. The molecular formula is C26H30N2O5S. The quantitative estimate of drug-likeness (QED) is 0.418. The van der Waals surface area contributed by atoms with Gasteiger partial charge in [-0.2, -0.15) is 0 Å². The molecule has 0 radical (unpaired) electrons. The summed E-state index contributed by atoms with van der Waals surface area (Å²) in [7, 11) is -2.56. The number of para-hydroxylation sites is 2. The lowest BCUT2D eigenvalue weighted by Gasteiger charge is -2.25. The highest BCUT2D eigenvalue weighted by atomic mass is 32.2. The molecule has 0 spiro atoms. The number of carbonyl (C=O) groups excluding carboxylic acids is 1. The van der Waals surface area contributed by atoms with Gasteiger partial charge in [0.15, 0.2) is 0 Å². The van der Waals surface area contributed by atoms with Crippen LogP contribution in [0.1, 0.15) is 18.1 Å². The average Bonchev–Trinajstić information content (AvgIpc) is 2.85. The molecule has 0 fully saturated rings. The van der Waals surface area contributed by atoms with Crippen LogP contribution in [0.2, 0.25) is 0 Å². The second-order valence-corrected chi connectivity index (χ2v) is 9.55. The van der Waals surface area contributed by atoms with Gasteiger partial charge in [-0.05, 0) is 55.3 Å². The van der Waals surface area contributed by atoms with Gasteiger partial charge in [0, 0.05) is 0 Å². The van der Waals surface area contributed by atoms with Gasteiger partial charge in [-0.1, -0.05) is 48.9 Å². The number of methoxy groups -OCH3 is 1. The molecule has 34 heavy (non-hydrogen) atoms. The number of benzene rings is 3. The van der Waals surface area contributed by atoms with Gasteiger partial charge in [0.2, 0.25) is 5.91 Å². The molecule has 0 saturated heterocycles. The van der Waals surface area contributed by atoms with Gasteiger partial charge < -0.3 is 14.8 Å². The summed E-state index contributed by atoms with van der Waals surface area (Å²) < 4.78 is 39.1. The van der Waals surface area contributed by atoms with Gasteiger partial charge in [-0.25, -0.2) is 8.42 Å². The summed E-state index contributed by atoms with van der Waals surface area (Å²) in [5, 5.41) is 2.73. The van der Waals surface area contributed by atoms with E-state index in [1.807, 2.05) is 31.2 Å². The first-order chi connectivity index (χ1) is 16.3. The second-order valence-electron chi connectivity index (χ2n) is 7.69. The van der Waals surface area contributed by atoms with Crippen LogP contribution >= 0.6 is 0 Å². The van der Waals surface area contributed by atoms with Crippen molar-refractivity contribution in [2.75, 3.05) is 31.1 Å². The number of hydrogen-bond acceptors (Lipinski definition) is 5. The van der Waals surface area contributed by atoms with Crippen molar-refractivity contribution in [2.45, 2.75) is 25.2 Å². The molecule has 7 nitrogen and oxygen atoms in total. The van der Waals surface area contributed by atoms with E-state index >= 15 is 0 Å². The van der Waals surface area contributed by atoms with Crippen LogP contribution < -0.4 is 19.1 Å². The summed E-state index contributed by atoms with van der Waals surface area (Å²) in [6, 6.07) is 21.0. The Balaban J connectivity index is 1.72. The van der Waals surface area contributed by atoms with Crippen LogP contribution in [0, 0.1) is 6.92 Å². The van der Waals surface area contributed by atoms with Gasteiger partial charge in [0.1, 0.15) is 24.7 Å². The number of hydrogen-bond donors (Lipinski definition) is 1. The number of amides is 1. The number of rotatable bonds is 11. The van der Waals surface area contributed by atoms with Crippen molar-refractivity contribution in [3.05, 3.63) is 83.9 Å². The molecule has 0 aromatic heterocycles. The standard InChI is InChI=1S/C26H30N2O5S/c1-4-21-11-13-22(14-12-21)33-18-17-27-26(29)19-28(24-7-5-6-8-25(24)32-3)34(30,31)23-15-9-20(2)10-16-23/h5-16H,4,17-19H2,1-3H3,(H,27,29). The van der Waals surface area contributed by atoms with E-state index in [1.54, 1.807) is 36.4 Å². The number of ether oxygens (including phenoxy) is 2. The van der Waals surface area contributed by atoms with Crippen molar-refractivity contribution in [1.82, 2.24) is 5.32 Å². The lowest BCUT2D eigenvalue weighted by atomic mass is 10.2. The predicted molar refractivity (Wildman–Crippen MR) is 133 cm³/mol. The Morgan fingerprint density at radius 1 is 0.971 bits per heavy atom. The van der Waals surface area contributed by atoms with Crippen LogP contribution in [-0.2, 0) is 21.2 Å². The zero-order valence-corrected chi connectivity index (χ0v) is 20.5. The van der Waals surface area contributed by atoms with Crippen LogP contribution in [0.4, 0.5) is 5.69 Å². The highest BCUT2D eigenvalue weighted by Crippen LogP contribution is 2.32. The zero-order valence-electron chi connectivity index (χ0n) is 19.7. The lowest BCUT2D eigenvalue weighted by Crippen LogP contribution is -2.42. The molecule has 1 N–H and O–H groups in total. The van der Waals surface area contributed by atoms with E-state index in [2.05, 4.69) is 12.2 Å².